The number of halogens is 1. The molecule has 0 N–H and O–H groups in total. The highest BCUT2D eigenvalue weighted by Gasteiger charge is 2.47. The van der Waals surface area contributed by atoms with Crippen LogP contribution in [-0.2, 0) is 0 Å². The van der Waals surface area contributed by atoms with Crippen molar-refractivity contribution in [3.05, 3.63) is 68.7 Å². The van der Waals surface area contributed by atoms with Gasteiger partial charge in [0.2, 0.25) is 0 Å². The third kappa shape index (κ3) is 3.04. The van der Waals surface area contributed by atoms with E-state index in [1.54, 1.807) is 24.3 Å². The van der Waals surface area contributed by atoms with E-state index >= 15 is 0 Å². The monoisotopic (exact) mass is 386 g/mol. The van der Waals surface area contributed by atoms with E-state index in [9.17, 15) is 19.7 Å². The number of para-hydroxylation sites is 1. The molecule has 1 saturated heterocycles. The van der Waals surface area contributed by atoms with Crippen molar-refractivity contribution >= 4 is 29.0 Å². The number of amides is 1. The van der Waals surface area contributed by atoms with Gasteiger partial charge >= 0.3 is 0 Å². The number of ketones is 1. The highest BCUT2D eigenvalue weighted by Crippen LogP contribution is 2.39. The Morgan fingerprint density at radius 3 is 2.81 bits per heavy atom. The van der Waals surface area contributed by atoms with Crippen molar-refractivity contribution in [1.82, 2.24) is 4.90 Å². The van der Waals surface area contributed by atoms with Crippen LogP contribution < -0.4 is 4.74 Å². The van der Waals surface area contributed by atoms with Crippen molar-refractivity contribution in [2.45, 2.75) is 18.4 Å². The second kappa shape index (κ2) is 6.35. The molecule has 0 radical (unpaired) electrons. The lowest BCUT2D eigenvalue weighted by molar-refractivity contribution is -0.385. The molecule has 1 amide bonds. The number of Topliss-reactive ketones (excluding diaryl/α,β-unsaturated/α-hetero) is 1. The second-order valence-corrected chi connectivity index (χ2v) is 7.21. The van der Waals surface area contributed by atoms with Crippen molar-refractivity contribution in [3.63, 3.8) is 0 Å². The number of benzene rings is 2. The predicted octanol–water partition coefficient (Wildman–Crippen LogP) is 3.50. The Morgan fingerprint density at radius 2 is 2.04 bits per heavy atom. The van der Waals surface area contributed by atoms with Gasteiger partial charge in [0.25, 0.3) is 11.6 Å². The maximum absolute atomic E-state index is 12.9. The van der Waals surface area contributed by atoms with Gasteiger partial charge in [0.15, 0.2) is 5.78 Å². The third-order valence-electron chi connectivity index (χ3n) is 4.99. The predicted molar refractivity (Wildman–Crippen MR) is 97.4 cm³/mol. The van der Waals surface area contributed by atoms with Crippen molar-refractivity contribution in [2.75, 3.05) is 13.1 Å². The number of carbonyl (C=O) groups excluding carboxylic acids is 2. The molecule has 0 bridgehead atoms. The quantitative estimate of drug-likeness (QED) is 0.582. The molecule has 2 aliphatic rings. The van der Waals surface area contributed by atoms with Crippen LogP contribution in [0.15, 0.2) is 42.5 Å². The van der Waals surface area contributed by atoms with E-state index < -0.39 is 16.4 Å². The number of fused-ring (bicyclic) bond motifs is 1. The fourth-order valence-electron chi connectivity index (χ4n) is 3.70. The van der Waals surface area contributed by atoms with Crippen molar-refractivity contribution in [2.24, 2.45) is 0 Å². The Bertz CT molecular complexity index is 976. The first kappa shape index (κ1) is 17.5. The third-order valence-corrected chi connectivity index (χ3v) is 5.22. The van der Waals surface area contributed by atoms with E-state index in [0.29, 0.717) is 24.3 Å². The first-order chi connectivity index (χ1) is 12.9. The molecule has 138 valence electrons. The lowest BCUT2D eigenvalue weighted by atomic mass is 9.89. The molecule has 0 aliphatic carbocycles. The van der Waals surface area contributed by atoms with Crippen molar-refractivity contribution in [3.8, 4) is 5.75 Å². The molecule has 2 aromatic carbocycles. The Kier molecular flexibility index (Phi) is 4.11. The number of likely N-dealkylation sites (tertiary alicyclic amines) is 1. The molecule has 0 saturated carbocycles. The molecular formula is C19H15ClN2O5. The molecule has 4 rings (SSSR count). The van der Waals surface area contributed by atoms with Gasteiger partial charge in [0, 0.05) is 24.1 Å². The standard InChI is InChI=1S/C19H15ClN2O5/c20-12-5-6-15(22(25)26)14(9-12)18(24)21-8-7-19(11-21)10-16(23)13-3-1-2-4-17(13)27-19/h1-6,9H,7-8,10-11H2. The van der Waals surface area contributed by atoms with Crippen LogP contribution in [0, 0.1) is 10.1 Å². The topological polar surface area (TPSA) is 89.8 Å². The zero-order chi connectivity index (χ0) is 19.2. The molecular weight excluding hydrogens is 372 g/mol. The number of carbonyl (C=O) groups is 2. The Labute approximate surface area is 159 Å². The first-order valence-corrected chi connectivity index (χ1v) is 8.81. The molecule has 1 atom stereocenters. The van der Waals surface area contributed by atoms with Crippen LogP contribution in [0.5, 0.6) is 5.75 Å². The van der Waals surface area contributed by atoms with Crippen molar-refractivity contribution < 1.29 is 19.2 Å². The van der Waals surface area contributed by atoms with Gasteiger partial charge < -0.3 is 9.64 Å². The summed E-state index contributed by atoms with van der Waals surface area (Å²) < 4.78 is 6.09. The molecule has 1 fully saturated rings. The highest BCUT2D eigenvalue weighted by molar-refractivity contribution is 6.31. The Morgan fingerprint density at radius 1 is 1.26 bits per heavy atom. The van der Waals surface area contributed by atoms with E-state index in [2.05, 4.69) is 0 Å². The Balaban J connectivity index is 1.61. The van der Waals surface area contributed by atoms with Gasteiger partial charge in [-0.1, -0.05) is 23.7 Å². The molecule has 0 aromatic heterocycles. The van der Waals surface area contributed by atoms with Crippen LogP contribution >= 0.6 is 11.6 Å². The lowest BCUT2D eigenvalue weighted by Gasteiger charge is -2.34. The number of nitrogens with zero attached hydrogens (tertiary/aromatic N) is 2. The molecule has 8 heteroatoms. The maximum atomic E-state index is 12.9. The summed E-state index contributed by atoms with van der Waals surface area (Å²) in [6, 6.07) is 10.9. The summed E-state index contributed by atoms with van der Waals surface area (Å²) in [7, 11) is 0. The molecule has 1 unspecified atom stereocenters. The minimum Gasteiger partial charge on any atom is -0.484 e. The smallest absolute Gasteiger partial charge is 0.282 e. The van der Waals surface area contributed by atoms with Gasteiger partial charge in [-0.05, 0) is 24.3 Å². The molecule has 2 aromatic rings. The van der Waals surface area contributed by atoms with E-state index in [1.807, 2.05) is 0 Å². The summed E-state index contributed by atoms with van der Waals surface area (Å²) in [5, 5.41) is 11.5. The zero-order valence-electron chi connectivity index (χ0n) is 14.2. The summed E-state index contributed by atoms with van der Waals surface area (Å²) >= 11 is 5.93. The number of hydrogen-bond donors (Lipinski definition) is 0. The van der Waals surface area contributed by atoms with Gasteiger partial charge in [-0.15, -0.1) is 0 Å². The van der Waals surface area contributed by atoms with Gasteiger partial charge in [-0.2, -0.15) is 0 Å². The van der Waals surface area contributed by atoms with Crippen LogP contribution in [0.4, 0.5) is 5.69 Å². The SMILES string of the molecule is O=C1CC2(CCN(C(=O)c3cc(Cl)ccc3[N+](=O)[O-])C2)Oc2ccccc21. The number of nitro groups is 1. The molecule has 2 heterocycles. The van der Waals surface area contributed by atoms with E-state index in [-0.39, 0.29) is 35.0 Å². The largest absolute Gasteiger partial charge is 0.484 e. The molecule has 2 aliphatic heterocycles. The van der Waals surface area contributed by atoms with Crippen LogP contribution in [0.3, 0.4) is 0 Å². The van der Waals surface area contributed by atoms with E-state index in [4.69, 9.17) is 16.3 Å². The van der Waals surface area contributed by atoms with Gasteiger partial charge in [0.1, 0.15) is 16.9 Å². The van der Waals surface area contributed by atoms with Crippen LogP contribution in [0.2, 0.25) is 5.02 Å². The second-order valence-electron chi connectivity index (χ2n) is 6.78. The first-order valence-electron chi connectivity index (χ1n) is 8.43. The number of hydrogen-bond acceptors (Lipinski definition) is 5. The summed E-state index contributed by atoms with van der Waals surface area (Å²) in [4.78, 5) is 37.5. The van der Waals surface area contributed by atoms with Crippen molar-refractivity contribution in [1.29, 1.82) is 0 Å². The molecule has 27 heavy (non-hydrogen) atoms. The van der Waals surface area contributed by atoms with Gasteiger partial charge in [0.05, 0.1) is 23.5 Å². The normalized spacial score (nSPS) is 21.1. The van der Waals surface area contributed by atoms with Gasteiger partial charge in [-0.3, -0.25) is 19.7 Å². The number of rotatable bonds is 2. The highest BCUT2D eigenvalue weighted by atomic mass is 35.5. The average molecular weight is 387 g/mol. The average Bonchev–Trinajstić information content (AvgIpc) is 3.03. The zero-order valence-corrected chi connectivity index (χ0v) is 14.9. The van der Waals surface area contributed by atoms with Gasteiger partial charge in [-0.25, -0.2) is 0 Å². The molecule has 7 nitrogen and oxygen atoms in total. The summed E-state index contributed by atoms with van der Waals surface area (Å²) in [5.41, 5.74) is -0.615. The maximum Gasteiger partial charge on any atom is 0.282 e. The summed E-state index contributed by atoms with van der Waals surface area (Å²) in [6.45, 7) is 0.535. The number of nitro benzene ring substituents is 1. The molecule has 1 spiro atoms. The minimum atomic E-state index is -0.797. The fourth-order valence-corrected chi connectivity index (χ4v) is 3.87. The lowest BCUT2D eigenvalue weighted by Crippen LogP contribution is -2.45. The van der Waals surface area contributed by atoms with E-state index in [0.717, 1.165) is 0 Å². The number of ether oxygens (including phenoxy) is 1. The fraction of sp³-hybridized carbons (Fsp3) is 0.263. The summed E-state index contributed by atoms with van der Waals surface area (Å²) in [6.07, 6.45) is 0.651. The van der Waals surface area contributed by atoms with Crippen LogP contribution in [-0.4, -0.2) is 40.2 Å². The Hall–Kier alpha value is -2.93. The minimum absolute atomic E-state index is 0.0279. The summed E-state index contributed by atoms with van der Waals surface area (Å²) in [5.74, 6) is -0.00680. The van der Waals surface area contributed by atoms with Crippen LogP contribution in [0.1, 0.15) is 33.6 Å². The van der Waals surface area contributed by atoms with E-state index in [1.165, 1.54) is 23.1 Å². The van der Waals surface area contributed by atoms with Crippen LogP contribution in [0.25, 0.3) is 0 Å².